The van der Waals surface area contributed by atoms with Crippen molar-refractivity contribution in [2.24, 2.45) is 0 Å². The van der Waals surface area contributed by atoms with E-state index in [0.717, 1.165) is 30.2 Å². The van der Waals surface area contributed by atoms with Crippen molar-refractivity contribution in [2.75, 3.05) is 25.5 Å². The third kappa shape index (κ3) is 2.04. The number of carbonyl (C=O) groups is 1. The Morgan fingerprint density at radius 2 is 2.25 bits per heavy atom. The van der Waals surface area contributed by atoms with Gasteiger partial charge < -0.3 is 9.80 Å². The highest BCUT2D eigenvalue weighted by Gasteiger charge is 2.25. The molecule has 0 bridgehead atoms. The van der Waals surface area contributed by atoms with E-state index in [4.69, 9.17) is 0 Å². The molecule has 1 aliphatic heterocycles. The fraction of sp³-hybridized carbons (Fsp3) is 0.500. The molecular formula is C14H18N4OS. The number of amides is 1. The third-order valence-electron chi connectivity index (χ3n) is 3.70. The first-order chi connectivity index (χ1) is 9.61. The minimum Gasteiger partial charge on any atom is -0.362 e. The molecule has 6 heteroatoms. The maximum absolute atomic E-state index is 11.9. The van der Waals surface area contributed by atoms with Crippen LogP contribution in [0.2, 0.25) is 0 Å². The van der Waals surface area contributed by atoms with Gasteiger partial charge in [-0.3, -0.25) is 4.79 Å². The van der Waals surface area contributed by atoms with E-state index < -0.39 is 0 Å². The van der Waals surface area contributed by atoms with Crippen LogP contribution < -0.4 is 4.90 Å². The molecule has 2 aromatic rings. The Morgan fingerprint density at radius 3 is 2.95 bits per heavy atom. The molecule has 0 saturated heterocycles. The van der Waals surface area contributed by atoms with Gasteiger partial charge in [0.2, 0.25) is 5.91 Å². The summed E-state index contributed by atoms with van der Waals surface area (Å²) in [5, 5.41) is 1.17. The fourth-order valence-corrected chi connectivity index (χ4v) is 3.88. The molecule has 5 nitrogen and oxygen atoms in total. The Bertz CT molecular complexity index is 664. The Labute approximate surface area is 122 Å². The number of nitrogens with zero attached hydrogens (tertiary/aromatic N) is 4. The summed E-state index contributed by atoms with van der Waals surface area (Å²) in [6.45, 7) is 3.43. The number of hydrogen-bond acceptors (Lipinski definition) is 5. The van der Waals surface area contributed by atoms with Gasteiger partial charge in [-0.25, -0.2) is 9.97 Å². The average molecular weight is 290 g/mol. The number of carbonyl (C=O) groups excluding carboxylic acids is 1. The number of fused-ring (bicyclic) bond motifs is 3. The van der Waals surface area contributed by atoms with E-state index in [0.29, 0.717) is 6.42 Å². The molecule has 0 fully saturated rings. The minimum atomic E-state index is 0.229. The number of hydrogen-bond donors (Lipinski definition) is 0. The van der Waals surface area contributed by atoms with Crippen LogP contribution in [-0.2, 0) is 17.8 Å². The van der Waals surface area contributed by atoms with Gasteiger partial charge in [0.25, 0.3) is 0 Å². The van der Waals surface area contributed by atoms with E-state index in [9.17, 15) is 4.79 Å². The van der Waals surface area contributed by atoms with Gasteiger partial charge in [-0.2, -0.15) is 0 Å². The molecule has 0 atom stereocenters. The van der Waals surface area contributed by atoms with Crippen LogP contribution in [0.25, 0.3) is 10.2 Å². The molecule has 2 aromatic heterocycles. The standard InChI is InChI=1S/C14H18N4OS/c1-4-11(19)18-6-5-9-10(7-18)20-14-12(9)13(17(2)3)15-8-16-14/h8H,4-7H2,1-3H3. The summed E-state index contributed by atoms with van der Waals surface area (Å²) < 4.78 is 0. The van der Waals surface area contributed by atoms with Crippen molar-refractivity contribution in [2.45, 2.75) is 26.3 Å². The van der Waals surface area contributed by atoms with Crippen molar-refractivity contribution in [3.05, 3.63) is 16.8 Å². The zero-order chi connectivity index (χ0) is 14.3. The zero-order valence-corrected chi connectivity index (χ0v) is 12.8. The molecule has 0 N–H and O–H groups in total. The number of rotatable bonds is 2. The lowest BCUT2D eigenvalue weighted by Gasteiger charge is -2.27. The minimum absolute atomic E-state index is 0.229. The summed E-state index contributed by atoms with van der Waals surface area (Å²) in [5.74, 6) is 1.20. The van der Waals surface area contributed by atoms with E-state index in [2.05, 4.69) is 9.97 Å². The molecule has 20 heavy (non-hydrogen) atoms. The molecule has 3 rings (SSSR count). The van der Waals surface area contributed by atoms with Gasteiger partial charge in [-0.05, 0) is 12.0 Å². The maximum atomic E-state index is 11.9. The van der Waals surface area contributed by atoms with E-state index in [-0.39, 0.29) is 5.91 Å². The van der Waals surface area contributed by atoms with Crippen molar-refractivity contribution in [3.8, 4) is 0 Å². The lowest BCUT2D eigenvalue weighted by atomic mass is 10.0. The zero-order valence-electron chi connectivity index (χ0n) is 12.0. The quantitative estimate of drug-likeness (QED) is 0.849. The summed E-state index contributed by atoms with van der Waals surface area (Å²) in [5.41, 5.74) is 1.33. The average Bonchev–Trinajstić information content (AvgIpc) is 2.83. The molecular weight excluding hydrogens is 272 g/mol. The predicted octanol–water partition coefficient (Wildman–Crippen LogP) is 2.05. The highest BCUT2D eigenvalue weighted by Crippen LogP contribution is 2.37. The summed E-state index contributed by atoms with van der Waals surface area (Å²) in [6.07, 6.45) is 3.09. The SMILES string of the molecule is CCC(=O)N1CCc2c(sc3ncnc(N(C)C)c23)C1. The molecule has 0 radical (unpaired) electrons. The van der Waals surface area contributed by atoms with E-state index in [1.807, 2.05) is 30.8 Å². The van der Waals surface area contributed by atoms with Gasteiger partial charge in [-0.15, -0.1) is 11.3 Å². The van der Waals surface area contributed by atoms with E-state index >= 15 is 0 Å². The van der Waals surface area contributed by atoms with Crippen molar-refractivity contribution < 1.29 is 4.79 Å². The molecule has 0 unspecified atom stereocenters. The van der Waals surface area contributed by atoms with Gasteiger partial charge in [0, 0.05) is 31.9 Å². The second-order valence-corrected chi connectivity index (χ2v) is 6.28. The number of thiophene rings is 1. The molecule has 1 amide bonds. The number of aromatic nitrogens is 2. The van der Waals surface area contributed by atoms with Crippen LogP contribution in [0, 0.1) is 0 Å². The second-order valence-electron chi connectivity index (χ2n) is 5.19. The Kier molecular flexibility index (Phi) is 3.33. The van der Waals surface area contributed by atoms with Gasteiger partial charge in [0.1, 0.15) is 17.0 Å². The molecule has 3 heterocycles. The Hall–Kier alpha value is -1.69. The topological polar surface area (TPSA) is 49.3 Å². The van der Waals surface area contributed by atoms with Crippen LogP contribution in [0.4, 0.5) is 5.82 Å². The predicted molar refractivity (Wildman–Crippen MR) is 81.2 cm³/mol. The lowest BCUT2D eigenvalue weighted by molar-refractivity contribution is -0.131. The first-order valence-electron chi connectivity index (χ1n) is 6.82. The summed E-state index contributed by atoms with van der Waals surface area (Å²) in [6, 6.07) is 0. The number of anilines is 1. The van der Waals surface area contributed by atoms with Crippen LogP contribution in [-0.4, -0.2) is 41.4 Å². The van der Waals surface area contributed by atoms with Crippen LogP contribution in [0.5, 0.6) is 0 Å². The lowest BCUT2D eigenvalue weighted by Crippen LogP contribution is -2.34. The summed E-state index contributed by atoms with van der Waals surface area (Å²) >= 11 is 1.69. The first-order valence-corrected chi connectivity index (χ1v) is 7.63. The molecule has 0 aromatic carbocycles. The Morgan fingerprint density at radius 1 is 1.45 bits per heavy atom. The highest BCUT2D eigenvalue weighted by atomic mass is 32.1. The Balaban J connectivity index is 2.08. The van der Waals surface area contributed by atoms with E-state index in [1.54, 1.807) is 17.7 Å². The largest absolute Gasteiger partial charge is 0.362 e. The molecule has 1 aliphatic rings. The van der Waals surface area contributed by atoms with Crippen LogP contribution >= 0.6 is 11.3 Å². The molecule has 0 saturated carbocycles. The molecule has 106 valence electrons. The van der Waals surface area contributed by atoms with Crippen molar-refractivity contribution in [1.29, 1.82) is 0 Å². The van der Waals surface area contributed by atoms with Crippen LogP contribution in [0.3, 0.4) is 0 Å². The van der Waals surface area contributed by atoms with Crippen molar-refractivity contribution in [3.63, 3.8) is 0 Å². The van der Waals surface area contributed by atoms with Gasteiger partial charge in [-0.1, -0.05) is 6.92 Å². The van der Waals surface area contributed by atoms with Crippen molar-refractivity contribution in [1.82, 2.24) is 14.9 Å². The van der Waals surface area contributed by atoms with Crippen LogP contribution in [0.15, 0.2) is 6.33 Å². The molecule has 0 aliphatic carbocycles. The fourth-order valence-electron chi connectivity index (χ4n) is 2.69. The first kappa shape index (κ1) is 13.3. The molecule has 0 spiro atoms. The normalized spacial score (nSPS) is 14.4. The van der Waals surface area contributed by atoms with Crippen molar-refractivity contribution >= 4 is 33.3 Å². The third-order valence-corrected chi connectivity index (χ3v) is 4.82. The van der Waals surface area contributed by atoms with E-state index in [1.165, 1.54) is 15.8 Å². The summed E-state index contributed by atoms with van der Waals surface area (Å²) in [7, 11) is 4.00. The van der Waals surface area contributed by atoms with Gasteiger partial charge >= 0.3 is 0 Å². The highest BCUT2D eigenvalue weighted by molar-refractivity contribution is 7.19. The van der Waals surface area contributed by atoms with Gasteiger partial charge in [0.05, 0.1) is 11.9 Å². The second kappa shape index (κ2) is 5.01. The maximum Gasteiger partial charge on any atom is 0.222 e. The van der Waals surface area contributed by atoms with Gasteiger partial charge in [0.15, 0.2) is 0 Å². The van der Waals surface area contributed by atoms with Crippen LogP contribution in [0.1, 0.15) is 23.8 Å². The monoisotopic (exact) mass is 290 g/mol. The summed E-state index contributed by atoms with van der Waals surface area (Å²) in [4.78, 5) is 26.9. The smallest absolute Gasteiger partial charge is 0.222 e.